The van der Waals surface area contributed by atoms with Gasteiger partial charge in [-0.3, -0.25) is 4.72 Å². The topological polar surface area (TPSA) is 88.5 Å². The van der Waals surface area contributed by atoms with Crippen LogP contribution < -0.4 is 20.9 Å². The molecule has 1 heterocycles. The molecule has 0 aliphatic carbocycles. The highest BCUT2D eigenvalue weighted by atomic mass is 35.5. The van der Waals surface area contributed by atoms with E-state index in [0.29, 0.717) is 52.2 Å². The Hall–Kier alpha value is -2.49. The fourth-order valence-corrected chi connectivity index (χ4v) is 5.55. The average Bonchev–Trinajstić information content (AvgIpc) is 3.43. The Bertz CT molecular complexity index is 1440. The molecule has 0 unspecified atom stereocenters. The highest BCUT2D eigenvalue weighted by molar-refractivity contribution is 7.95. The summed E-state index contributed by atoms with van der Waals surface area (Å²) in [5.74, 6) is 6.00. The minimum absolute atomic E-state index is 0.399. The Labute approximate surface area is 263 Å². The standard InChI is InChI=1S/C30H32Cl2F3N5S2/c1-38-42-39-19-24(26(37)6-4-2-3-5-17-36)29(40-27-15-12-22(31)18-25(27)32)28-16-14-23(41-28)13-9-20-7-10-21(11-8-20)30(33,34)35/h7-8,10-12,14-16,18,38-39H,2-6,17,19,36-37H2,1H3/b26-24-,40-29?. The number of nitrogens with one attached hydrogen (secondary N) is 2. The van der Waals surface area contributed by atoms with Gasteiger partial charge in [0.2, 0.25) is 0 Å². The number of hydrogen-bond donors (Lipinski definition) is 4. The smallest absolute Gasteiger partial charge is 0.402 e. The number of hydrogen-bond acceptors (Lipinski definition) is 7. The molecule has 0 aliphatic rings. The first-order chi connectivity index (χ1) is 20.1. The van der Waals surface area contributed by atoms with E-state index in [1.165, 1.54) is 35.6 Å². The molecule has 6 N–H and O–H groups in total. The predicted molar refractivity (Wildman–Crippen MR) is 172 cm³/mol. The molecular weight excluding hydrogens is 622 g/mol. The van der Waals surface area contributed by atoms with Crippen molar-refractivity contribution < 1.29 is 13.2 Å². The van der Waals surface area contributed by atoms with E-state index in [0.717, 1.165) is 53.1 Å². The second-order valence-electron chi connectivity index (χ2n) is 9.13. The molecule has 0 bridgehead atoms. The van der Waals surface area contributed by atoms with Gasteiger partial charge in [0.05, 0.1) is 31.7 Å². The summed E-state index contributed by atoms with van der Waals surface area (Å²) in [5.41, 5.74) is 14.8. The summed E-state index contributed by atoms with van der Waals surface area (Å²) in [7, 11) is 1.81. The van der Waals surface area contributed by atoms with Crippen molar-refractivity contribution in [3.05, 3.63) is 96.8 Å². The molecule has 0 fully saturated rings. The third kappa shape index (κ3) is 10.7. The van der Waals surface area contributed by atoms with Gasteiger partial charge in [0.1, 0.15) is 0 Å². The van der Waals surface area contributed by atoms with Crippen LogP contribution in [0.25, 0.3) is 0 Å². The zero-order valence-corrected chi connectivity index (χ0v) is 26.1. The SMILES string of the molecule is CNSNC/C(C(=Nc1ccc(Cl)cc1Cl)c1ccc(C#Cc2ccc(C(F)(F)F)cc2)s1)=C(/N)CCCCCCN. The van der Waals surface area contributed by atoms with Crippen LogP contribution in [0, 0.1) is 11.8 Å². The van der Waals surface area contributed by atoms with Gasteiger partial charge in [-0.1, -0.05) is 47.9 Å². The van der Waals surface area contributed by atoms with E-state index in [2.05, 4.69) is 21.3 Å². The molecule has 0 saturated heterocycles. The number of thiophene rings is 1. The van der Waals surface area contributed by atoms with E-state index >= 15 is 0 Å². The van der Waals surface area contributed by atoms with Gasteiger partial charge in [-0.05, 0) is 87.5 Å². The minimum Gasteiger partial charge on any atom is -0.402 e. The zero-order valence-electron chi connectivity index (χ0n) is 23.0. The van der Waals surface area contributed by atoms with Crippen molar-refractivity contribution in [2.75, 3.05) is 20.1 Å². The number of aliphatic imine (C=N–C) groups is 1. The molecule has 224 valence electrons. The van der Waals surface area contributed by atoms with Crippen molar-refractivity contribution in [3.8, 4) is 11.8 Å². The first-order valence-electron chi connectivity index (χ1n) is 13.2. The van der Waals surface area contributed by atoms with Gasteiger partial charge in [-0.25, -0.2) is 9.71 Å². The summed E-state index contributed by atoms with van der Waals surface area (Å²) < 4.78 is 45.0. The van der Waals surface area contributed by atoms with Crippen LogP contribution in [0.2, 0.25) is 10.0 Å². The lowest BCUT2D eigenvalue weighted by molar-refractivity contribution is -0.137. The van der Waals surface area contributed by atoms with Crippen LogP contribution in [0.3, 0.4) is 0 Å². The predicted octanol–water partition coefficient (Wildman–Crippen LogP) is 8.09. The molecule has 0 amide bonds. The number of nitrogens with two attached hydrogens (primary N) is 2. The van der Waals surface area contributed by atoms with E-state index < -0.39 is 11.7 Å². The molecule has 0 aliphatic heterocycles. The van der Waals surface area contributed by atoms with E-state index in [4.69, 9.17) is 39.7 Å². The fraction of sp³-hybridized carbons (Fsp3) is 0.300. The average molecular weight is 655 g/mol. The number of halogens is 5. The molecule has 0 radical (unpaired) electrons. The van der Waals surface area contributed by atoms with Crippen molar-refractivity contribution in [2.45, 2.75) is 38.3 Å². The number of nitrogens with zero attached hydrogens (tertiary/aromatic N) is 1. The van der Waals surface area contributed by atoms with Gasteiger partial charge in [0, 0.05) is 40.5 Å². The lowest BCUT2D eigenvalue weighted by atomic mass is 10.0. The lowest BCUT2D eigenvalue weighted by Gasteiger charge is -2.15. The summed E-state index contributed by atoms with van der Waals surface area (Å²) in [5, 5.41) is 0.897. The van der Waals surface area contributed by atoms with Crippen molar-refractivity contribution in [2.24, 2.45) is 16.5 Å². The molecule has 0 spiro atoms. The Morgan fingerprint density at radius 2 is 1.74 bits per heavy atom. The molecule has 5 nitrogen and oxygen atoms in total. The minimum atomic E-state index is -4.39. The van der Waals surface area contributed by atoms with Crippen molar-refractivity contribution in [1.29, 1.82) is 0 Å². The van der Waals surface area contributed by atoms with Gasteiger partial charge >= 0.3 is 6.18 Å². The van der Waals surface area contributed by atoms with Crippen LogP contribution in [-0.2, 0) is 6.18 Å². The number of allylic oxidation sites excluding steroid dienone is 1. The van der Waals surface area contributed by atoms with E-state index in [1.54, 1.807) is 18.2 Å². The summed E-state index contributed by atoms with van der Waals surface area (Å²) in [4.78, 5) is 6.48. The quantitative estimate of drug-likeness (QED) is 0.0648. The first kappa shape index (κ1) is 34.0. The van der Waals surface area contributed by atoms with Crippen LogP contribution in [0.5, 0.6) is 0 Å². The zero-order chi connectivity index (χ0) is 30.5. The summed E-state index contributed by atoms with van der Waals surface area (Å²) >= 11 is 15.4. The third-order valence-electron chi connectivity index (χ3n) is 6.02. The number of rotatable bonds is 13. The van der Waals surface area contributed by atoms with E-state index in [9.17, 15) is 13.2 Å². The van der Waals surface area contributed by atoms with Gasteiger partial charge in [-0.2, -0.15) is 13.2 Å². The summed E-state index contributed by atoms with van der Waals surface area (Å²) in [6, 6.07) is 13.6. The maximum Gasteiger partial charge on any atom is 0.416 e. The maximum atomic E-state index is 12.9. The Morgan fingerprint density at radius 1 is 1.00 bits per heavy atom. The van der Waals surface area contributed by atoms with Crippen molar-refractivity contribution >= 4 is 58.1 Å². The number of benzene rings is 2. The highest BCUT2D eigenvalue weighted by Gasteiger charge is 2.29. The molecular formula is C30H32Cl2F3N5S2. The fourth-order valence-electron chi connectivity index (χ4n) is 3.87. The molecule has 3 aromatic rings. The van der Waals surface area contributed by atoms with Crippen molar-refractivity contribution in [1.82, 2.24) is 9.44 Å². The van der Waals surface area contributed by atoms with Crippen LogP contribution in [0.4, 0.5) is 18.9 Å². The van der Waals surface area contributed by atoms with Crippen molar-refractivity contribution in [3.63, 3.8) is 0 Å². The molecule has 0 atom stereocenters. The number of alkyl halides is 3. The van der Waals surface area contributed by atoms with Crippen LogP contribution >= 0.6 is 46.7 Å². The van der Waals surface area contributed by atoms with E-state index in [-0.39, 0.29) is 0 Å². The van der Waals surface area contributed by atoms with Gasteiger partial charge in [-0.15, -0.1) is 11.3 Å². The molecule has 3 rings (SSSR count). The lowest BCUT2D eigenvalue weighted by Crippen LogP contribution is -2.22. The highest BCUT2D eigenvalue weighted by Crippen LogP contribution is 2.32. The van der Waals surface area contributed by atoms with Gasteiger partial charge in [0.15, 0.2) is 0 Å². The Morgan fingerprint density at radius 3 is 2.40 bits per heavy atom. The van der Waals surface area contributed by atoms with Crippen LogP contribution in [0.1, 0.15) is 53.0 Å². The largest absolute Gasteiger partial charge is 0.416 e. The normalized spacial score (nSPS) is 12.6. The van der Waals surface area contributed by atoms with Crippen LogP contribution in [0.15, 0.2) is 70.9 Å². The second-order valence-corrected chi connectivity index (χ2v) is 12.0. The Balaban J connectivity index is 2.00. The van der Waals surface area contributed by atoms with E-state index in [1.807, 2.05) is 19.2 Å². The third-order valence-corrected chi connectivity index (χ3v) is 8.06. The molecule has 42 heavy (non-hydrogen) atoms. The second kappa shape index (κ2) is 17.0. The molecule has 12 heteroatoms. The Kier molecular flexibility index (Phi) is 13.7. The summed E-state index contributed by atoms with van der Waals surface area (Å²) in [6.45, 7) is 1.09. The number of unbranched alkanes of at least 4 members (excludes halogenated alkanes) is 3. The molecule has 1 aromatic heterocycles. The monoisotopic (exact) mass is 653 g/mol. The van der Waals surface area contributed by atoms with Gasteiger partial charge in [0.25, 0.3) is 0 Å². The summed E-state index contributed by atoms with van der Waals surface area (Å²) in [6.07, 6.45) is 0.241. The van der Waals surface area contributed by atoms with Crippen LogP contribution in [-0.4, -0.2) is 25.8 Å². The molecule has 0 saturated carbocycles. The first-order valence-corrected chi connectivity index (χ1v) is 15.6. The van der Waals surface area contributed by atoms with Gasteiger partial charge < -0.3 is 11.5 Å². The maximum absolute atomic E-state index is 12.9. The molecule has 2 aromatic carbocycles.